The van der Waals surface area contributed by atoms with Gasteiger partial charge in [-0.2, -0.15) is 0 Å². The molecule has 0 unspecified atom stereocenters. The lowest BCUT2D eigenvalue weighted by Gasteiger charge is -2.30. The molecule has 3 nitrogen and oxygen atoms in total. The van der Waals surface area contributed by atoms with Gasteiger partial charge in [-0.15, -0.1) is 0 Å². The van der Waals surface area contributed by atoms with E-state index < -0.39 is 0 Å². The molecule has 0 spiro atoms. The molecule has 1 aliphatic carbocycles. The monoisotopic (exact) mass is 186 g/mol. The predicted molar refractivity (Wildman–Crippen MR) is 49.2 cm³/mol. The highest BCUT2D eigenvalue weighted by Crippen LogP contribution is 2.36. The van der Waals surface area contributed by atoms with Gasteiger partial charge in [-0.25, -0.2) is 0 Å². The molecule has 0 heterocycles. The first-order valence-corrected chi connectivity index (χ1v) is 4.97. The Labute approximate surface area is 79.1 Å². The number of rotatable bonds is 3. The second-order valence-electron chi connectivity index (χ2n) is 3.98. The van der Waals surface area contributed by atoms with E-state index in [0.29, 0.717) is 0 Å². The summed E-state index contributed by atoms with van der Waals surface area (Å²) >= 11 is 0. The maximum absolute atomic E-state index is 11.5. The van der Waals surface area contributed by atoms with Crippen LogP contribution in [0.5, 0.6) is 0 Å². The quantitative estimate of drug-likeness (QED) is 0.679. The fourth-order valence-corrected chi connectivity index (χ4v) is 1.85. The van der Waals surface area contributed by atoms with Gasteiger partial charge in [0.25, 0.3) is 0 Å². The summed E-state index contributed by atoms with van der Waals surface area (Å²) in [5.74, 6) is -0.138. The van der Waals surface area contributed by atoms with Gasteiger partial charge in [-0.3, -0.25) is 4.79 Å². The molecule has 0 aliphatic heterocycles. The molecule has 1 rings (SSSR count). The van der Waals surface area contributed by atoms with E-state index in [2.05, 4.69) is 0 Å². The third kappa shape index (κ3) is 2.69. The van der Waals surface area contributed by atoms with E-state index in [1.165, 1.54) is 6.42 Å². The lowest BCUT2D eigenvalue weighted by atomic mass is 9.76. The molecule has 3 heteroatoms. The maximum atomic E-state index is 11.5. The average molecular weight is 186 g/mol. The third-order valence-corrected chi connectivity index (χ3v) is 2.77. The maximum Gasteiger partial charge on any atom is 0.311 e. The van der Waals surface area contributed by atoms with E-state index in [-0.39, 0.29) is 24.6 Å². The Bertz CT molecular complexity index is 171. The summed E-state index contributed by atoms with van der Waals surface area (Å²) in [6.07, 6.45) is 5.31. The van der Waals surface area contributed by atoms with Gasteiger partial charge in [-0.1, -0.05) is 19.3 Å². The van der Waals surface area contributed by atoms with E-state index in [9.17, 15) is 4.79 Å². The highest BCUT2D eigenvalue weighted by atomic mass is 16.5. The molecule has 1 N–H and O–H groups in total. The molecule has 1 aliphatic rings. The summed E-state index contributed by atoms with van der Waals surface area (Å²) in [7, 11) is 0. The highest BCUT2D eigenvalue weighted by molar-refractivity contribution is 5.76. The molecule has 0 aromatic heterocycles. The van der Waals surface area contributed by atoms with Crippen LogP contribution in [-0.2, 0) is 9.53 Å². The number of carbonyl (C=O) groups excluding carboxylic acids is 1. The van der Waals surface area contributed by atoms with Crippen molar-refractivity contribution in [1.82, 2.24) is 0 Å². The van der Waals surface area contributed by atoms with Crippen LogP contribution in [0.4, 0.5) is 0 Å². The standard InChI is InChI=1S/C10H18O3/c1-10(5-3-2-4-6-10)9(12)13-8-7-11/h11H,2-8H2,1H3. The zero-order valence-electron chi connectivity index (χ0n) is 8.21. The first kappa shape index (κ1) is 10.5. The van der Waals surface area contributed by atoms with Gasteiger partial charge >= 0.3 is 5.97 Å². The zero-order valence-corrected chi connectivity index (χ0v) is 8.21. The Hall–Kier alpha value is -0.570. The minimum Gasteiger partial charge on any atom is -0.463 e. The molecule has 0 radical (unpaired) electrons. The first-order chi connectivity index (χ1) is 6.19. The van der Waals surface area contributed by atoms with E-state index in [1.807, 2.05) is 6.92 Å². The first-order valence-electron chi connectivity index (χ1n) is 4.97. The minimum absolute atomic E-state index is 0.0815. The van der Waals surface area contributed by atoms with Crippen molar-refractivity contribution in [2.75, 3.05) is 13.2 Å². The summed E-state index contributed by atoms with van der Waals surface area (Å²) in [6.45, 7) is 2.02. The SMILES string of the molecule is CC1(C(=O)OCCO)CCCCC1. The minimum atomic E-state index is -0.284. The second kappa shape index (κ2) is 4.61. The fraction of sp³-hybridized carbons (Fsp3) is 0.900. The van der Waals surface area contributed by atoms with Crippen molar-refractivity contribution in [2.45, 2.75) is 39.0 Å². The summed E-state index contributed by atoms with van der Waals surface area (Å²) in [5, 5.41) is 8.52. The molecule has 0 aromatic rings. The van der Waals surface area contributed by atoms with Crippen molar-refractivity contribution in [3.63, 3.8) is 0 Å². The van der Waals surface area contributed by atoms with Gasteiger partial charge in [-0.05, 0) is 19.8 Å². The van der Waals surface area contributed by atoms with Gasteiger partial charge in [0.15, 0.2) is 0 Å². The normalized spacial score (nSPS) is 21.1. The largest absolute Gasteiger partial charge is 0.463 e. The van der Waals surface area contributed by atoms with Crippen LogP contribution in [0, 0.1) is 5.41 Å². The van der Waals surface area contributed by atoms with E-state index in [4.69, 9.17) is 9.84 Å². The molecule has 0 aromatic carbocycles. The van der Waals surface area contributed by atoms with Crippen LogP contribution in [-0.4, -0.2) is 24.3 Å². The molecule has 0 amide bonds. The van der Waals surface area contributed by atoms with Gasteiger partial charge in [0.05, 0.1) is 12.0 Å². The van der Waals surface area contributed by atoms with Crippen molar-refractivity contribution >= 4 is 5.97 Å². The van der Waals surface area contributed by atoms with Crippen molar-refractivity contribution in [3.8, 4) is 0 Å². The van der Waals surface area contributed by atoms with E-state index >= 15 is 0 Å². The number of aliphatic hydroxyl groups excluding tert-OH is 1. The number of carbonyl (C=O) groups is 1. The Morgan fingerprint density at radius 3 is 2.54 bits per heavy atom. The molecule has 1 saturated carbocycles. The van der Waals surface area contributed by atoms with Crippen LogP contribution >= 0.6 is 0 Å². The lowest BCUT2D eigenvalue weighted by molar-refractivity contribution is -0.157. The number of hydrogen-bond acceptors (Lipinski definition) is 3. The Kier molecular flexibility index (Phi) is 3.72. The summed E-state index contributed by atoms with van der Waals surface area (Å²) < 4.78 is 4.94. The van der Waals surface area contributed by atoms with Crippen molar-refractivity contribution in [1.29, 1.82) is 0 Å². The fourth-order valence-electron chi connectivity index (χ4n) is 1.85. The van der Waals surface area contributed by atoms with Gasteiger partial charge in [0.2, 0.25) is 0 Å². The van der Waals surface area contributed by atoms with Gasteiger partial charge in [0.1, 0.15) is 6.61 Å². The van der Waals surface area contributed by atoms with Gasteiger partial charge < -0.3 is 9.84 Å². The Morgan fingerprint density at radius 2 is 2.00 bits per heavy atom. The average Bonchev–Trinajstić information content (AvgIpc) is 2.15. The predicted octanol–water partition coefficient (Wildman–Crippen LogP) is 1.49. The molecule has 13 heavy (non-hydrogen) atoms. The lowest BCUT2D eigenvalue weighted by Crippen LogP contribution is -2.32. The number of aliphatic hydroxyl groups is 1. The third-order valence-electron chi connectivity index (χ3n) is 2.77. The molecule has 0 saturated heterocycles. The van der Waals surface area contributed by atoms with Crippen LogP contribution < -0.4 is 0 Å². The van der Waals surface area contributed by atoms with Crippen LogP contribution in [0.1, 0.15) is 39.0 Å². The van der Waals surface area contributed by atoms with Crippen molar-refractivity contribution in [3.05, 3.63) is 0 Å². The Morgan fingerprint density at radius 1 is 1.38 bits per heavy atom. The number of ether oxygens (including phenoxy) is 1. The molecule has 76 valence electrons. The second-order valence-corrected chi connectivity index (χ2v) is 3.98. The highest BCUT2D eigenvalue weighted by Gasteiger charge is 2.35. The van der Waals surface area contributed by atoms with Crippen molar-refractivity contribution in [2.24, 2.45) is 5.41 Å². The van der Waals surface area contributed by atoms with Gasteiger partial charge in [0, 0.05) is 0 Å². The van der Waals surface area contributed by atoms with Crippen molar-refractivity contribution < 1.29 is 14.6 Å². The molecular formula is C10H18O3. The van der Waals surface area contributed by atoms with E-state index in [1.54, 1.807) is 0 Å². The molecule has 1 fully saturated rings. The number of hydrogen-bond donors (Lipinski definition) is 1. The molecular weight excluding hydrogens is 168 g/mol. The van der Waals surface area contributed by atoms with Crippen LogP contribution in [0.3, 0.4) is 0 Å². The van der Waals surface area contributed by atoms with Crippen LogP contribution in [0.25, 0.3) is 0 Å². The summed E-state index contributed by atoms with van der Waals surface area (Å²) in [4.78, 5) is 11.5. The molecule has 0 bridgehead atoms. The smallest absolute Gasteiger partial charge is 0.311 e. The molecule has 0 atom stereocenters. The van der Waals surface area contributed by atoms with E-state index in [0.717, 1.165) is 25.7 Å². The van der Waals surface area contributed by atoms with Crippen LogP contribution in [0.2, 0.25) is 0 Å². The summed E-state index contributed by atoms with van der Waals surface area (Å²) in [6, 6.07) is 0. The van der Waals surface area contributed by atoms with Crippen LogP contribution in [0.15, 0.2) is 0 Å². The topological polar surface area (TPSA) is 46.5 Å². The summed E-state index contributed by atoms with van der Waals surface area (Å²) in [5.41, 5.74) is -0.284. The zero-order chi connectivity index (χ0) is 9.73. The number of esters is 1. The Balaban J connectivity index is 2.42.